The molecule has 0 N–H and O–H groups in total. The van der Waals surface area contributed by atoms with E-state index in [0.717, 1.165) is 24.2 Å². The van der Waals surface area contributed by atoms with Gasteiger partial charge in [0.05, 0.1) is 5.56 Å². The maximum Gasteiger partial charge on any atom is 0.338 e. The molecule has 6 heteroatoms. The van der Waals surface area contributed by atoms with Crippen molar-refractivity contribution >= 4 is 5.97 Å². The molecule has 0 amide bonds. The number of carbonyl (C=O) groups is 1. The van der Waals surface area contributed by atoms with Crippen molar-refractivity contribution in [2.24, 2.45) is 0 Å². The van der Waals surface area contributed by atoms with Crippen LogP contribution in [-0.4, -0.2) is 16.1 Å². The molecule has 0 aliphatic heterocycles. The van der Waals surface area contributed by atoms with E-state index in [2.05, 4.69) is 10.1 Å². The first-order chi connectivity index (χ1) is 13.2. The van der Waals surface area contributed by atoms with Crippen LogP contribution in [0.4, 0.5) is 0 Å². The second-order valence-corrected chi connectivity index (χ2v) is 6.15. The van der Waals surface area contributed by atoms with Gasteiger partial charge in [-0.05, 0) is 43.2 Å². The Morgan fingerprint density at radius 2 is 1.85 bits per heavy atom. The molecule has 27 heavy (non-hydrogen) atoms. The Labute approximate surface area is 158 Å². The summed E-state index contributed by atoms with van der Waals surface area (Å²) in [6, 6.07) is 16.7. The Kier molecular flexibility index (Phi) is 6.20. The molecule has 6 nitrogen and oxygen atoms in total. The van der Waals surface area contributed by atoms with Crippen LogP contribution in [0, 0.1) is 0 Å². The highest BCUT2D eigenvalue weighted by atomic mass is 16.6. The van der Waals surface area contributed by atoms with E-state index in [-0.39, 0.29) is 0 Å². The summed E-state index contributed by atoms with van der Waals surface area (Å²) in [6.07, 6.45) is 1.06. The van der Waals surface area contributed by atoms with Gasteiger partial charge in [0, 0.05) is 6.42 Å². The molecule has 140 valence electrons. The number of nitrogens with zero attached hydrogens (tertiary/aromatic N) is 2. The lowest BCUT2D eigenvalue weighted by atomic mass is 10.1. The Morgan fingerprint density at radius 1 is 1.11 bits per heavy atom. The molecule has 2 aromatic carbocycles. The molecule has 1 aromatic heterocycles. The molecular weight excluding hydrogens is 344 g/mol. The summed E-state index contributed by atoms with van der Waals surface area (Å²) >= 11 is 0. The molecule has 0 aliphatic carbocycles. The van der Waals surface area contributed by atoms with Crippen LogP contribution in [0.5, 0.6) is 5.75 Å². The number of carbonyl (C=O) groups excluding carboxylic acids is 1. The highest BCUT2D eigenvalue weighted by molar-refractivity contribution is 5.89. The minimum atomic E-state index is -0.600. The lowest BCUT2D eigenvalue weighted by molar-refractivity contribution is 0.0265. The number of hydrogen-bond acceptors (Lipinski definition) is 6. The van der Waals surface area contributed by atoms with Gasteiger partial charge in [-0.3, -0.25) is 0 Å². The molecule has 0 bridgehead atoms. The number of para-hydroxylation sites is 1. The zero-order valence-corrected chi connectivity index (χ0v) is 15.4. The molecule has 1 heterocycles. The van der Waals surface area contributed by atoms with Gasteiger partial charge in [0.2, 0.25) is 0 Å². The van der Waals surface area contributed by atoms with E-state index in [1.54, 1.807) is 19.1 Å². The predicted octanol–water partition coefficient (Wildman–Crippen LogP) is 4.52. The van der Waals surface area contributed by atoms with E-state index in [4.69, 9.17) is 14.0 Å². The van der Waals surface area contributed by atoms with Gasteiger partial charge in [-0.1, -0.05) is 42.4 Å². The average molecular weight is 366 g/mol. The third kappa shape index (κ3) is 5.17. The van der Waals surface area contributed by atoms with Crippen molar-refractivity contribution < 1.29 is 18.8 Å². The summed E-state index contributed by atoms with van der Waals surface area (Å²) in [5.41, 5.74) is 1.42. The number of aryl methyl sites for hydroxylation is 1. The molecule has 1 atom stereocenters. The van der Waals surface area contributed by atoms with Gasteiger partial charge in [0.15, 0.2) is 11.9 Å². The Morgan fingerprint density at radius 3 is 2.56 bits per heavy atom. The molecule has 1 unspecified atom stereocenters. The van der Waals surface area contributed by atoms with E-state index in [9.17, 15) is 4.79 Å². The first kappa shape index (κ1) is 18.6. The molecule has 0 saturated heterocycles. The van der Waals surface area contributed by atoms with Gasteiger partial charge >= 0.3 is 5.97 Å². The predicted molar refractivity (Wildman–Crippen MR) is 99.3 cm³/mol. The van der Waals surface area contributed by atoms with Crippen LogP contribution in [0.15, 0.2) is 59.1 Å². The third-order valence-electron chi connectivity index (χ3n) is 3.93. The zero-order chi connectivity index (χ0) is 19.1. The fourth-order valence-electron chi connectivity index (χ4n) is 2.46. The van der Waals surface area contributed by atoms with Crippen LogP contribution in [0.25, 0.3) is 0 Å². The fourth-order valence-corrected chi connectivity index (χ4v) is 2.46. The first-order valence-corrected chi connectivity index (χ1v) is 8.96. The molecule has 3 aromatic rings. The summed E-state index contributed by atoms with van der Waals surface area (Å²) < 4.78 is 16.3. The Balaban J connectivity index is 1.55. The van der Waals surface area contributed by atoms with Crippen LogP contribution in [-0.2, 0) is 17.8 Å². The van der Waals surface area contributed by atoms with Crippen molar-refractivity contribution in [2.45, 2.75) is 39.4 Å². The van der Waals surface area contributed by atoms with Crippen molar-refractivity contribution in [1.29, 1.82) is 0 Å². The molecule has 3 rings (SSSR count). The molecule has 0 spiro atoms. The minimum Gasteiger partial charge on any atom is -0.489 e. The summed E-state index contributed by atoms with van der Waals surface area (Å²) in [4.78, 5) is 16.6. The van der Waals surface area contributed by atoms with Gasteiger partial charge in [0.1, 0.15) is 12.4 Å². The van der Waals surface area contributed by atoms with E-state index in [1.165, 1.54) is 0 Å². The highest BCUT2D eigenvalue weighted by Gasteiger charge is 2.19. The number of rotatable bonds is 8. The number of benzene rings is 2. The SMILES string of the molecule is CCCc1noc(C(C)OC(=O)c2ccc(COc3ccccc3)cc2)n1. The van der Waals surface area contributed by atoms with E-state index >= 15 is 0 Å². The quantitative estimate of drug-likeness (QED) is 0.546. The van der Waals surface area contributed by atoms with E-state index in [0.29, 0.717) is 23.9 Å². The molecule has 0 radical (unpaired) electrons. The molecule has 0 aliphatic rings. The third-order valence-corrected chi connectivity index (χ3v) is 3.93. The molecule has 0 saturated carbocycles. The topological polar surface area (TPSA) is 74.5 Å². The monoisotopic (exact) mass is 366 g/mol. The van der Waals surface area contributed by atoms with Crippen molar-refractivity contribution in [2.75, 3.05) is 0 Å². The van der Waals surface area contributed by atoms with Crippen LogP contribution in [0.3, 0.4) is 0 Å². The average Bonchev–Trinajstić information content (AvgIpc) is 3.17. The molecular formula is C21H22N2O4. The van der Waals surface area contributed by atoms with Crippen molar-refractivity contribution in [3.05, 3.63) is 77.4 Å². The second kappa shape index (κ2) is 8.98. The van der Waals surface area contributed by atoms with Crippen molar-refractivity contribution in [1.82, 2.24) is 10.1 Å². The maximum atomic E-state index is 12.3. The number of hydrogen-bond donors (Lipinski definition) is 0. The van der Waals surface area contributed by atoms with Crippen LogP contribution < -0.4 is 4.74 Å². The lowest BCUT2D eigenvalue weighted by Crippen LogP contribution is -2.10. The van der Waals surface area contributed by atoms with E-state index in [1.807, 2.05) is 49.4 Å². The van der Waals surface area contributed by atoms with Crippen LogP contribution in [0.1, 0.15) is 54.0 Å². The Hall–Kier alpha value is -3.15. The van der Waals surface area contributed by atoms with Gasteiger partial charge in [-0.25, -0.2) is 4.79 Å². The normalized spacial score (nSPS) is 11.8. The number of ether oxygens (including phenoxy) is 2. The van der Waals surface area contributed by atoms with Crippen LogP contribution >= 0.6 is 0 Å². The fraction of sp³-hybridized carbons (Fsp3) is 0.286. The minimum absolute atomic E-state index is 0.305. The van der Waals surface area contributed by atoms with Gasteiger partial charge in [0.25, 0.3) is 5.89 Å². The summed E-state index contributed by atoms with van der Waals surface area (Å²) in [6.45, 7) is 4.18. The summed E-state index contributed by atoms with van der Waals surface area (Å²) in [5, 5.41) is 3.87. The number of esters is 1. The molecule has 0 fully saturated rings. The second-order valence-electron chi connectivity index (χ2n) is 6.15. The highest BCUT2D eigenvalue weighted by Crippen LogP contribution is 2.18. The van der Waals surface area contributed by atoms with Crippen molar-refractivity contribution in [3.8, 4) is 5.75 Å². The van der Waals surface area contributed by atoms with Crippen molar-refractivity contribution in [3.63, 3.8) is 0 Å². The summed E-state index contributed by atoms with van der Waals surface area (Å²) in [5.74, 6) is 1.29. The van der Waals surface area contributed by atoms with Gasteiger partial charge < -0.3 is 14.0 Å². The van der Waals surface area contributed by atoms with E-state index < -0.39 is 12.1 Å². The maximum absolute atomic E-state index is 12.3. The lowest BCUT2D eigenvalue weighted by Gasteiger charge is -2.10. The smallest absolute Gasteiger partial charge is 0.338 e. The first-order valence-electron chi connectivity index (χ1n) is 8.96. The van der Waals surface area contributed by atoms with Gasteiger partial charge in [-0.2, -0.15) is 4.98 Å². The standard InChI is InChI=1S/C21H22N2O4/c1-3-7-19-22-20(27-23-19)15(2)26-21(24)17-12-10-16(11-13-17)14-25-18-8-5-4-6-9-18/h4-6,8-13,15H,3,7,14H2,1-2H3. The van der Waals surface area contributed by atoms with Crippen LogP contribution in [0.2, 0.25) is 0 Å². The largest absolute Gasteiger partial charge is 0.489 e. The zero-order valence-electron chi connectivity index (χ0n) is 15.4. The Bertz CT molecular complexity index is 859. The summed E-state index contributed by atoms with van der Waals surface area (Å²) in [7, 11) is 0. The number of aromatic nitrogens is 2. The van der Waals surface area contributed by atoms with Gasteiger partial charge in [-0.15, -0.1) is 0 Å².